The number of aliphatic imine (C=N–C) groups is 1. The van der Waals surface area contributed by atoms with Crippen LogP contribution in [0.4, 0.5) is 11.4 Å². The van der Waals surface area contributed by atoms with E-state index in [-0.39, 0.29) is 24.2 Å². The first-order chi connectivity index (χ1) is 20.4. The minimum absolute atomic E-state index is 0.0270. The summed E-state index contributed by atoms with van der Waals surface area (Å²) in [5.41, 5.74) is 3.39. The molecule has 0 aliphatic carbocycles. The lowest BCUT2D eigenvalue weighted by Gasteiger charge is -2.24. The quantitative estimate of drug-likeness (QED) is 0.108. The van der Waals surface area contributed by atoms with Crippen LogP contribution in [0, 0.1) is 10.1 Å². The molecule has 0 unspecified atom stereocenters. The Balaban J connectivity index is 1.41. The number of ether oxygens (including phenoxy) is 2. The third kappa shape index (κ3) is 6.70. The highest BCUT2D eigenvalue weighted by Gasteiger charge is 2.37. The zero-order chi connectivity index (χ0) is 29.5. The fourth-order valence-corrected chi connectivity index (χ4v) is 5.50. The Morgan fingerprint density at radius 1 is 0.929 bits per heavy atom. The fourth-order valence-electron chi connectivity index (χ4n) is 4.43. The lowest BCUT2D eigenvalue weighted by Crippen LogP contribution is -2.32. The molecule has 5 rings (SSSR count). The van der Waals surface area contributed by atoms with Gasteiger partial charge in [0.2, 0.25) is 0 Å². The van der Waals surface area contributed by atoms with Gasteiger partial charge in [-0.25, -0.2) is 4.99 Å². The summed E-state index contributed by atoms with van der Waals surface area (Å²) in [6.07, 6.45) is 1.84. The largest absolute Gasteiger partial charge is 0.490 e. The molecule has 1 saturated heterocycles. The number of benzene rings is 4. The van der Waals surface area contributed by atoms with Gasteiger partial charge >= 0.3 is 0 Å². The predicted molar refractivity (Wildman–Crippen MR) is 166 cm³/mol. The Hall–Kier alpha value is -4.89. The molecule has 212 valence electrons. The van der Waals surface area contributed by atoms with Gasteiger partial charge in [-0.15, -0.1) is 0 Å². The van der Waals surface area contributed by atoms with Crippen molar-refractivity contribution in [3.8, 4) is 11.5 Å². The van der Waals surface area contributed by atoms with Gasteiger partial charge in [0, 0.05) is 12.1 Å². The maximum Gasteiger partial charge on any atom is 0.269 e. The zero-order valence-corrected chi connectivity index (χ0v) is 24.0. The van der Waals surface area contributed by atoms with Crippen LogP contribution in [0.2, 0.25) is 0 Å². The van der Waals surface area contributed by atoms with Crippen molar-refractivity contribution in [1.29, 1.82) is 0 Å². The monoisotopic (exact) mass is 579 g/mol. The first-order valence-corrected chi connectivity index (χ1v) is 14.3. The van der Waals surface area contributed by atoms with Gasteiger partial charge in [0.25, 0.3) is 11.6 Å². The summed E-state index contributed by atoms with van der Waals surface area (Å²) in [4.78, 5) is 31.4. The fraction of sp³-hybridized carbons (Fsp3) is 0.152. The van der Waals surface area contributed by atoms with Crippen LogP contribution in [0.15, 0.2) is 113 Å². The van der Waals surface area contributed by atoms with E-state index in [9.17, 15) is 14.9 Å². The van der Waals surface area contributed by atoms with E-state index >= 15 is 0 Å². The highest BCUT2D eigenvalue weighted by Crippen LogP contribution is 2.40. The molecule has 1 atom stereocenters. The van der Waals surface area contributed by atoms with Crippen LogP contribution in [-0.2, 0) is 11.4 Å². The average molecular weight is 580 g/mol. The number of amidine groups is 1. The molecule has 0 aromatic heterocycles. The van der Waals surface area contributed by atoms with E-state index in [0.29, 0.717) is 28.2 Å². The molecule has 1 aliphatic rings. The van der Waals surface area contributed by atoms with E-state index in [0.717, 1.165) is 22.4 Å². The van der Waals surface area contributed by atoms with Crippen LogP contribution >= 0.6 is 11.8 Å². The molecule has 9 heteroatoms. The van der Waals surface area contributed by atoms with Gasteiger partial charge in [0.15, 0.2) is 16.7 Å². The predicted octanol–water partition coefficient (Wildman–Crippen LogP) is 7.94. The van der Waals surface area contributed by atoms with Crippen LogP contribution in [0.25, 0.3) is 6.08 Å². The maximum atomic E-state index is 13.8. The smallest absolute Gasteiger partial charge is 0.269 e. The van der Waals surface area contributed by atoms with Crippen molar-refractivity contribution in [3.05, 3.63) is 135 Å². The summed E-state index contributed by atoms with van der Waals surface area (Å²) < 4.78 is 11.8. The molecule has 1 fully saturated rings. The topological polar surface area (TPSA) is 94.3 Å². The average Bonchev–Trinajstić information content (AvgIpc) is 3.31. The second-order valence-electron chi connectivity index (χ2n) is 9.45. The third-order valence-corrected chi connectivity index (χ3v) is 7.58. The minimum Gasteiger partial charge on any atom is -0.490 e. The van der Waals surface area contributed by atoms with E-state index in [1.807, 2.05) is 92.7 Å². The highest BCUT2D eigenvalue weighted by atomic mass is 32.2. The number of para-hydroxylation sites is 1. The van der Waals surface area contributed by atoms with Crippen LogP contribution < -0.4 is 9.47 Å². The molecule has 42 heavy (non-hydrogen) atoms. The Kier molecular flexibility index (Phi) is 8.99. The number of nitrogens with zero attached hydrogens (tertiary/aromatic N) is 3. The third-order valence-electron chi connectivity index (χ3n) is 6.59. The van der Waals surface area contributed by atoms with E-state index in [1.165, 1.54) is 23.9 Å². The van der Waals surface area contributed by atoms with Gasteiger partial charge < -0.3 is 9.47 Å². The molecule has 4 aromatic carbocycles. The second-order valence-corrected chi connectivity index (χ2v) is 10.5. The van der Waals surface area contributed by atoms with Crippen molar-refractivity contribution in [3.63, 3.8) is 0 Å². The van der Waals surface area contributed by atoms with E-state index in [1.54, 1.807) is 23.1 Å². The summed E-state index contributed by atoms with van der Waals surface area (Å²) in [6.45, 7) is 4.54. The number of thioether (sulfide) groups is 1. The minimum atomic E-state index is -0.434. The SMILES string of the molecule is CCOc1cc(/C=C2/SC(=Nc3ccccc3)N([C@@H](C)c3ccccc3)C2=O)ccc1OCc1ccc([N+](=O)[O-])cc1. The first-order valence-electron chi connectivity index (χ1n) is 13.5. The van der Waals surface area contributed by atoms with Crippen molar-refractivity contribution in [2.75, 3.05) is 6.61 Å². The second kappa shape index (κ2) is 13.2. The number of carbonyl (C=O) groups is 1. The summed E-state index contributed by atoms with van der Waals surface area (Å²) >= 11 is 1.34. The number of hydrogen-bond donors (Lipinski definition) is 0. The summed E-state index contributed by atoms with van der Waals surface area (Å²) in [7, 11) is 0. The number of nitro benzene ring substituents is 1. The number of non-ortho nitro benzene ring substituents is 1. The molecule has 0 bridgehead atoms. The standard InChI is InChI=1S/C33H29N3O5S/c1-3-40-30-20-25(16-19-29(30)41-22-24-14-17-28(18-15-24)36(38)39)21-31-32(37)35(23(2)26-10-6-4-7-11-26)33(42-31)34-27-12-8-5-9-13-27/h4-21,23H,3,22H2,1-2H3/b31-21+,34-33?/t23-/m0/s1. The van der Waals surface area contributed by atoms with E-state index in [2.05, 4.69) is 0 Å². The number of rotatable bonds is 10. The van der Waals surface area contributed by atoms with Crippen molar-refractivity contribution in [2.45, 2.75) is 26.5 Å². The molecule has 8 nitrogen and oxygen atoms in total. The number of nitro groups is 1. The van der Waals surface area contributed by atoms with E-state index in [4.69, 9.17) is 14.5 Å². The lowest BCUT2D eigenvalue weighted by atomic mass is 10.1. The number of hydrogen-bond acceptors (Lipinski definition) is 7. The van der Waals surface area contributed by atoms with E-state index < -0.39 is 4.92 Å². The molecule has 4 aromatic rings. The molecule has 0 saturated carbocycles. The molecule has 0 spiro atoms. The van der Waals surface area contributed by atoms with Gasteiger partial charge in [-0.05, 0) is 84.8 Å². The van der Waals surface area contributed by atoms with Gasteiger partial charge in [-0.2, -0.15) is 0 Å². The van der Waals surface area contributed by atoms with Crippen molar-refractivity contribution in [1.82, 2.24) is 4.90 Å². The Morgan fingerprint density at radius 3 is 2.29 bits per heavy atom. The molecule has 0 radical (unpaired) electrons. The van der Waals surface area contributed by atoms with Crippen LogP contribution in [0.5, 0.6) is 11.5 Å². The van der Waals surface area contributed by atoms with Gasteiger partial charge in [-0.1, -0.05) is 54.6 Å². The Labute approximate surface area is 248 Å². The van der Waals surface area contributed by atoms with Gasteiger partial charge in [-0.3, -0.25) is 19.8 Å². The highest BCUT2D eigenvalue weighted by molar-refractivity contribution is 8.18. The molecular weight excluding hydrogens is 550 g/mol. The Morgan fingerprint density at radius 2 is 1.62 bits per heavy atom. The van der Waals surface area contributed by atoms with Gasteiger partial charge in [0.1, 0.15) is 6.61 Å². The maximum absolute atomic E-state index is 13.8. The van der Waals surface area contributed by atoms with Crippen molar-refractivity contribution in [2.24, 2.45) is 4.99 Å². The molecular formula is C33H29N3O5S. The Bertz CT molecular complexity index is 1620. The number of carbonyl (C=O) groups excluding carboxylic acids is 1. The van der Waals surface area contributed by atoms with Crippen molar-refractivity contribution >= 4 is 40.3 Å². The van der Waals surface area contributed by atoms with Gasteiger partial charge in [0.05, 0.1) is 28.2 Å². The number of amides is 1. The lowest BCUT2D eigenvalue weighted by molar-refractivity contribution is -0.384. The van der Waals surface area contributed by atoms with Crippen molar-refractivity contribution < 1.29 is 19.2 Å². The molecule has 1 heterocycles. The van der Waals surface area contributed by atoms with Crippen LogP contribution in [0.3, 0.4) is 0 Å². The molecule has 1 amide bonds. The summed E-state index contributed by atoms with van der Waals surface area (Å²) in [5.74, 6) is 0.952. The summed E-state index contributed by atoms with van der Waals surface area (Å²) in [6, 6.07) is 31.0. The first kappa shape index (κ1) is 28.6. The zero-order valence-electron chi connectivity index (χ0n) is 23.2. The molecule has 0 N–H and O–H groups in total. The summed E-state index contributed by atoms with van der Waals surface area (Å²) in [5, 5.41) is 11.5. The molecule has 1 aliphatic heterocycles. The van der Waals surface area contributed by atoms with Crippen LogP contribution in [0.1, 0.15) is 36.6 Å². The van der Waals surface area contributed by atoms with Crippen LogP contribution in [-0.4, -0.2) is 27.5 Å². The normalized spacial score (nSPS) is 15.7.